The quantitative estimate of drug-likeness (QED) is 0.794. The summed E-state index contributed by atoms with van der Waals surface area (Å²) >= 11 is 6.21. The van der Waals surface area contributed by atoms with Crippen molar-refractivity contribution in [1.82, 2.24) is 0 Å². The molecule has 1 amide bonds. The molecule has 0 radical (unpaired) electrons. The number of benzene rings is 2. The van der Waals surface area contributed by atoms with E-state index in [1.54, 1.807) is 43.5 Å². The van der Waals surface area contributed by atoms with Crippen LogP contribution in [0.25, 0.3) is 0 Å². The molecule has 0 aliphatic heterocycles. The van der Waals surface area contributed by atoms with Crippen molar-refractivity contribution in [3.63, 3.8) is 0 Å². The highest BCUT2D eigenvalue weighted by atomic mass is 35.5. The SMILES string of the molecule is CCC(=O)Nc1ccc(N=Cc2c(O)cc(C)c(Cl)c2C)cc1. The van der Waals surface area contributed by atoms with Crippen LogP contribution in [0.15, 0.2) is 35.3 Å². The highest BCUT2D eigenvalue weighted by Gasteiger charge is 2.09. The van der Waals surface area contributed by atoms with Crippen LogP contribution in [0.1, 0.15) is 30.0 Å². The predicted octanol–water partition coefficient (Wildman–Crippen LogP) is 4.76. The van der Waals surface area contributed by atoms with E-state index in [1.165, 1.54) is 0 Å². The first-order valence-electron chi connectivity index (χ1n) is 7.35. The maximum atomic E-state index is 11.3. The molecule has 2 aromatic carbocycles. The zero-order valence-electron chi connectivity index (χ0n) is 13.4. The van der Waals surface area contributed by atoms with Gasteiger partial charge in [0, 0.05) is 28.9 Å². The van der Waals surface area contributed by atoms with Gasteiger partial charge in [-0.25, -0.2) is 0 Å². The van der Waals surface area contributed by atoms with E-state index in [9.17, 15) is 9.90 Å². The summed E-state index contributed by atoms with van der Waals surface area (Å²) < 4.78 is 0. The molecule has 5 heteroatoms. The number of anilines is 1. The monoisotopic (exact) mass is 330 g/mol. The fourth-order valence-electron chi connectivity index (χ4n) is 2.13. The van der Waals surface area contributed by atoms with Crippen LogP contribution in [-0.4, -0.2) is 17.2 Å². The number of aromatic hydroxyl groups is 1. The zero-order chi connectivity index (χ0) is 17.0. The molecular weight excluding hydrogens is 312 g/mol. The van der Waals surface area contributed by atoms with Gasteiger partial charge >= 0.3 is 0 Å². The first kappa shape index (κ1) is 17.0. The van der Waals surface area contributed by atoms with Gasteiger partial charge in [0.1, 0.15) is 5.75 Å². The highest BCUT2D eigenvalue weighted by molar-refractivity contribution is 6.32. The van der Waals surface area contributed by atoms with Crippen molar-refractivity contribution >= 4 is 35.1 Å². The van der Waals surface area contributed by atoms with Gasteiger partial charge in [-0.3, -0.25) is 9.79 Å². The molecule has 120 valence electrons. The second-order valence-corrected chi connectivity index (χ2v) is 5.65. The van der Waals surface area contributed by atoms with Crippen molar-refractivity contribution < 1.29 is 9.90 Å². The Hall–Kier alpha value is -2.33. The Labute approximate surface area is 140 Å². The normalized spacial score (nSPS) is 11.0. The number of amides is 1. The van der Waals surface area contributed by atoms with Gasteiger partial charge in [0.2, 0.25) is 5.91 Å². The van der Waals surface area contributed by atoms with E-state index in [0.29, 0.717) is 17.0 Å². The summed E-state index contributed by atoms with van der Waals surface area (Å²) in [6.45, 7) is 5.49. The number of rotatable bonds is 4. The highest BCUT2D eigenvalue weighted by Crippen LogP contribution is 2.30. The molecule has 0 saturated heterocycles. The van der Waals surface area contributed by atoms with Crippen LogP contribution < -0.4 is 5.32 Å². The van der Waals surface area contributed by atoms with Crippen molar-refractivity contribution in [2.45, 2.75) is 27.2 Å². The van der Waals surface area contributed by atoms with Crippen LogP contribution in [0.4, 0.5) is 11.4 Å². The minimum atomic E-state index is -0.0314. The maximum Gasteiger partial charge on any atom is 0.224 e. The maximum absolute atomic E-state index is 11.3. The topological polar surface area (TPSA) is 61.7 Å². The summed E-state index contributed by atoms with van der Waals surface area (Å²) in [5, 5.41) is 13.5. The van der Waals surface area contributed by atoms with Gasteiger partial charge in [0.25, 0.3) is 0 Å². The molecule has 0 fully saturated rings. The molecule has 2 N–H and O–H groups in total. The van der Waals surface area contributed by atoms with Gasteiger partial charge in [-0.15, -0.1) is 0 Å². The summed E-state index contributed by atoms with van der Waals surface area (Å²) in [4.78, 5) is 15.7. The van der Waals surface area contributed by atoms with Gasteiger partial charge in [-0.1, -0.05) is 18.5 Å². The Morgan fingerprint density at radius 2 is 1.96 bits per heavy atom. The van der Waals surface area contributed by atoms with Gasteiger partial charge in [0.15, 0.2) is 0 Å². The third-order valence-corrected chi connectivity index (χ3v) is 4.11. The lowest BCUT2D eigenvalue weighted by molar-refractivity contribution is -0.115. The van der Waals surface area contributed by atoms with Gasteiger partial charge in [0.05, 0.1) is 5.69 Å². The van der Waals surface area contributed by atoms with Gasteiger partial charge in [-0.05, 0) is 55.3 Å². The lowest BCUT2D eigenvalue weighted by Crippen LogP contribution is -2.08. The fraction of sp³-hybridized carbons (Fsp3) is 0.222. The molecule has 0 spiro atoms. The Morgan fingerprint density at radius 1 is 1.30 bits per heavy atom. The molecular formula is C18H19ClN2O2. The molecule has 0 aromatic heterocycles. The number of phenolic OH excluding ortho intramolecular Hbond substituents is 1. The minimum absolute atomic E-state index is 0.0314. The first-order chi connectivity index (χ1) is 10.9. The summed E-state index contributed by atoms with van der Waals surface area (Å²) in [7, 11) is 0. The molecule has 4 nitrogen and oxygen atoms in total. The Balaban J connectivity index is 2.21. The van der Waals surface area contributed by atoms with Crippen molar-refractivity contribution in [1.29, 1.82) is 0 Å². The standard InChI is InChI=1S/C18H19ClN2O2/c1-4-17(23)21-14-7-5-13(6-8-14)20-10-15-12(3)18(19)11(2)9-16(15)22/h5-10,22H,4H2,1-3H3,(H,21,23). The Kier molecular flexibility index (Phi) is 5.40. The van der Waals surface area contributed by atoms with E-state index in [0.717, 1.165) is 22.5 Å². The third kappa shape index (κ3) is 4.11. The average molecular weight is 331 g/mol. The van der Waals surface area contributed by atoms with Crippen LogP contribution in [0.2, 0.25) is 5.02 Å². The van der Waals surface area contributed by atoms with E-state index >= 15 is 0 Å². The lowest BCUT2D eigenvalue weighted by Gasteiger charge is -2.08. The van der Waals surface area contributed by atoms with Crippen LogP contribution in [0, 0.1) is 13.8 Å². The van der Waals surface area contributed by atoms with Crippen molar-refractivity contribution in [3.8, 4) is 5.75 Å². The number of hydrogen-bond donors (Lipinski definition) is 2. The van der Waals surface area contributed by atoms with E-state index in [2.05, 4.69) is 10.3 Å². The summed E-state index contributed by atoms with van der Waals surface area (Å²) in [6.07, 6.45) is 2.03. The van der Waals surface area contributed by atoms with Crippen LogP contribution in [0.5, 0.6) is 5.75 Å². The summed E-state index contributed by atoms with van der Waals surface area (Å²) in [5.74, 6) is 0.121. The molecule has 0 bridgehead atoms. The number of carbonyl (C=O) groups is 1. The van der Waals surface area contributed by atoms with Crippen LogP contribution in [-0.2, 0) is 4.79 Å². The average Bonchev–Trinajstić information content (AvgIpc) is 2.54. The van der Waals surface area contributed by atoms with E-state index in [-0.39, 0.29) is 11.7 Å². The van der Waals surface area contributed by atoms with Crippen molar-refractivity contribution in [2.24, 2.45) is 4.99 Å². The molecule has 2 aromatic rings. The van der Waals surface area contributed by atoms with Crippen LogP contribution >= 0.6 is 11.6 Å². The largest absolute Gasteiger partial charge is 0.507 e. The van der Waals surface area contributed by atoms with Gasteiger partial charge in [-0.2, -0.15) is 0 Å². The number of hydrogen-bond acceptors (Lipinski definition) is 3. The fourth-order valence-corrected chi connectivity index (χ4v) is 2.29. The Morgan fingerprint density at radius 3 is 2.57 bits per heavy atom. The van der Waals surface area contributed by atoms with E-state index in [1.807, 2.05) is 13.8 Å². The van der Waals surface area contributed by atoms with Crippen LogP contribution in [0.3, 0.4) is 0 Å². The number of nitrogens with zero attached hydrogens (tertiary/aromatic N) is 1. The number of carbonyl (C=O) groups excluding carboxylic acids is 1. The third-order valence-electron chi connectivity index (χ3n) is 3.52. The molecule has 0 saturated carbocycles. The zero-order valence-corrected chi connectivity index (χ0v) is 14.1. The predicted molar refractivity (Wildman–Crippen MR) is 95.2 cm³/mol. The molecule has 0 atom stereocenters. The molecule has 0 aliphatic rings. The number of halogens is 1. The Bertz CT molecular complexity index is 753. The number of nitrogens with one attached hydrogen (secondary N) is 1. The molecule has 23 heavy (non-hydrogen) atoms. The minimum Gasteiger partial charge on any atom is -0.507 e. The van der Waals surface area contributed by atoms with Crippen molar-refractivity contribution in [2.75, 3.05) is 5.32 Å². The summed E-state index contributed by atoms with van der Waals surface area (Å²) in [6, 6.07) is 8.79. The number of aliphatic imine (C=N–C) groups is 1. The van der Waals surface area contributed by atoms with Crippen molar-refractivity contribution in [3.05, 3.63) is 52.0 Å². The molecule has 0 unspecified atom stereocenters. The molecule has 0 heterocycles. The number of phenols is 1. The van der Waals surface area contributed by atoms with E-state index in [4.69, 9.17) is 11.6 Å². The number of aryl methyl sites for hydroxylation is 1. The van der Waals surface area contributed by atoms with E-state index < -0.39 is 0 Å². The molecule has 2 rings (SSSR count). The summed E-state index contributed by atoms with van der Waals surface area (Å²) in [5.41, 5.74) is 3.67. The smallest absolute Gasteiger partial charge is 0.224 e. The second-order valence-electron chi connectivity index (χ2n) is 5.27. The second kappa shape index (κ2) is 7.29. The molecule has 0 aliphatic carbocycles. The van der Waals surface area contributed by atoms with Gasteiger partial charge < -0.3 is 10.4 Å². The first-order valence-corrected chi connectivity index (χ1v) is 7.72. The lowest BCUT2D eigenvalue weighted by atomic mass is 10.0.